The summed E-state index contributed by atoms with van der Waals surface area (Å²) in [5, 5.41) is 0. The van der Waals surface area contributed by atoms with Crippen LogP contribution in [-0.4, -0.2) is 0 Å². The largest absolute Gasteiger partial charge is 0.125 e. The first-order valence-corrected chi connectivity index (χ1v) is 4.28. The topological polar surface area (TPSA) is 0 Å². The molecule has 0 amide bonds. The van der Waals surface area contributed by atoms with Gasteiger partial charge in [0.1, 0.15) is 0 Å². The van der Waals surface area contributed by atoms with Gasteiger partial charge in [0.25, 0.3) is 0 Å². The number of hydrogen-bond donors (Lipinski definition) is 0. The van der Waals surface area contributed by atoms with E-state index in [1.54, 1.807) is 0 Å². The maximum absolute atomic E-state index is 3.94. The Labute approximate surface area is 79.9 Å². The van der Waals surface area contributed by atoms with Crippen LogP contribution in [-0.2, 0) is 0 Å². The second-order valence-corrected chi connectivity index (χ2v) is 3.13. The molecule has 1 aromatic rings. The van der Waals surface area contributed by atoms with E-state index < -0.39 is 0 Å². The third-order valence-electron chi connectivity index (χ3n) is 2.06. The summed E-state index contributed by atoms with van der Waals surface area (Å²) in [5.41, 5.74) is 7.39. The van der Waals surface area contributed by atoms with Gasteiger partial charge in [-0.25, -0.2) is 0 Å². The first kappa shape index (κ1) is 9.57. The molecule has 0 heterocycles. The molecule has 0 saturated carbocycles. The van der Waals surface area contributed by atoms with Gasteiger partial charge in [0.15, 0.2) is 0 Å². The standard InChI is InChI=1S/C13H14/c1-5-11(4)13-9-7-6-8-12(13)10(2)3/h6-9H,1-2H2,3-4H3. The van der Waals surface area contributed by atoms with Crippen LogP contribution in [0.3, 0.4) is 0 Å². The van der Waals surface area contributed by atoms with Gasteiger partial charge in [0, 0.05) is 0 Å². The van der Waals surface area contributed by atoms with Gasteiger partial charge in [0.2, 0.25) is 0 Å². The molecule has 0 saturated heterocycles. The molecule has 0 nitrogen and oxygen atoms in total. The Kier molecular flexibility index (Phi) is 2.89. The van der Waals surface area contributed by atoms with Gasteiger partial charge >= 0.3 is 0 Å². The Morgan fingerprint density at radius 1 is 1.15 bits per heavy atom. The summed E-state index contributed by atoms with van der Waals surface area (Å²) >= 11 is 0. The third-order valence-corrected chi connectivity index (χ3v) is 2.06. The molecule has 1 aromatic carbocycles. The Bertz CT molecular complexity index is 377. The first-order valence-electron chi connectivity index (χ1n) is 4.28. The number of hydrogen-bond acceptors (Lipinski definition) is 0. The van der Waals surface area contributed by atoms with E-state index in [0.29, 0.717) is 0 Å². The zero-order valence-corrected chi connectivity index (χ0v) is 8.22. The van der Waals surface area contributed by atoms with Crippen molar-refractivity contribution in [1.82, 2.24) is 0 Å². The van der Waals surface area contributed by atoms with E-state index in [2.05, 4.69) is 31.0 Å². The molecule has 66 valence electrons. The van der Waals surface area contributed by atoms with Gasteiger partial charge in [-0.2, -0.15) is 0 Å². The van der Waals surface area contributed by atoms with Crippen LogP contribution in [0.15, 0.2) is 43.2 Å². The van der Waals surface area contributed by atoms with Crippen molar-refractivity contribution >= 4 is 11.1 Å². The minimum Gasteiger partial charge on any atom is -0.125 e. The Hall–Kier alpha value is -1.52. The molecule has 0 fully saturated rings. The Balaban J connectivity index is 3.36. The van der Waals surface area contributed by atoms with Crippen LogP contribution < -0.4 is 0 Å². The molecular weight excluding hydrogens is 156 g/mol. The maximum Gasteiger partial charge on any atom is -0.00191 e. The Morgan fingerprint density at radius 2 is 1.69 bits per heavy atom. The van der Waals surface area contributed by atoms with Crippen molar-refractivity contribution in [3.63, 3.8) is 0 Å². The predicted molar refractivity (Wildman–Crippen MR) is 59.4 cm³/mol. The van der Waals surface area contributed by atoms with E-state index in [4.69, 9.17) is 0 Å². The average molecular weight is 170 g/mol. The van der Waals surface area contributed by atoms with Crippen molar-refractivity contribution in [3.8, 4) is 0 Å². The van der Waals surface area contributed by atoms with E-state index in [-0.39, 0.29) is 0 Å². The maximum atomic E-state index is 3.94. The van der Waals surface area contributed by atoms with Crippen LogP contribution in [0.25, 0.3) is 11.1 Å². The van der Waals surface area contributed by atoms with Gasteiger partial charge in [-0.1, -0.05) is 43.0 Å². The fourth-order valence-corrected chi connectivity index (χ4v) is 1.28. The zero-order chi connectivity index (χ0) is 9.84. The molecule has 0 N–H and O–H groups in total. The molecule has 0 aliphatic carbocycles. The van der Waals surface area contributed by atoms with Crippen molar-refractivity contribution < 1.29 is 0 Å². The van der Waals surface area contributed by atoms with Crippen molar-refractivity contribution in [1.29, 1.82) is 0 Å². The van der Waals surface area contributed by atoms with Crippen LogP contribution in [0.1, 0.15) is 25.0 Å². The summed E-state index contributed by atoms with van der Waals surface area (Å²) in [4.78, 5) is 0. The normalized spacial score (nSPS) is 9.08. The highest BCUT2D eigenvalue weighted by atomic mass is 14.1. The van der Waals surface area contributed by atoms with Crippen LogP contribution in [0, 0.1) is 0 Å². The summed E-state index contributed by atoms with van der Waals surface area (Å²) in [6.45, 7) is 11.6. The molecule has 13 heavy (non-hydrogen) atoms. The molecule has 0 heteroatoms. The minimum absolute atomic E-state index is 1.07. The number of rotatable bonds is 2. The highest BCUT2D eigenvalue weighted by Crippen LogP contribution is 2.22. The van der Waals surface area contributed by atoms with Gasteiger partial charge in [-0.05, 0) is 30.5 Å². The molecule has 1 rings (SSSR count). The minimum atomic E-state index is 1.07. The SMILES string of the molecule is C=C=C(C)c1ccccc1C(=C)C. The van der Waals surface area contributed by atoms with Crippen molar-refractivity contribution in [2.24, 2.45) is 0 Å². The highest BCUT2D eigenvalue weighted by molar-refractivity contribution is 5.76. The van der Waals surface area contributed by atoms with E-state index in [9.17, 15) is 0 Å². The van der Waals surface area contributed by atoms with E-state index in [0.717, 1.165) is 11.1 Å². The third kappa shape index (κ3) is 1.99. The molecule has 0 spiro atoms. The molecule has 0 aromatic heterocycles. The molecular formula is C13H14. The van der Waals surface area contributed by atoms with Gasteiger partial charge in [0.05, 0.1) is 0 Å². The zero-order valence-electron chi connectivity index (χ0n) is 8.22. The first-order chi connectivity index (χ1) is 6.16. The van der Waals surface area contributed by atoms with Crippen LogP contribution in [0.5, 0.6) is 0 Å². The molecule has 0 bridgehead atoms. The lowest BCUT2D eigenvalue weighted by atomic mass is 9.97. The van der Waals surface area contributed by atoms with E-state index >= 15 is 0 Å². The summed E-state index contributed by atoms with van der Waals surface area (Å²) < 4.78 is 0. The van der Waals surface area contributed by atoms with Crippen molar-refractivity contribution in [2.45, 2.75) is 13.8 Å². The lowest BCUT2D eigenvalue weighted by molar-refractivity contribution is 1.50. The molecule has 0 atom stereocenters. The lowest BCUT2D eigenvalue weighted by Crippen LogP contribution is -1.86. The van der Waals surface area contributed by atoms with E-state index in [1.165, 1.54) is 11.1 Å². The summed E-state index contributed by atoms with van der Waals surface area (Å²) in [6.07, 6.45) is 0. The van der Waals surface area contributed by atoms with Crippen LogP contribution in [0.2, 0.25) is 0 Å². The number of benzene rings is 1. The summed E-state index contributed by atoms with van der Waals surface area (Å²) in [5.74, 6) is 0. The quantitative estimate of drug-likeness (QED) is 0.590. The fraction of sp³-hybridized carbons (Fsp3) is 0.154. The summed E-state index contributed by atoms with van der Waals surface area (Å²) in [7, 11) is 0. The highest BCUT2D eigenvalue weighted by Gasteiger charge is 2.02. The number of allylic oxidation sites excluding steroid dienone is 2. The molecule has 0 aliphatic heterocycles. The average Bonchev–Trinajstić information content (AvgIpc) is 2.16. The van der Waals surface area contributed by atoms with Gasteiger partial charge < -0.3 is 0 Å². The smallest absolute Gasteiger partial charge is 0.00191 e. The lowest BCUT2D eigenvalue weighted by Gasteiger charge is -2.07. The van der Waals surface area contributed by atoms with Gasteiger partial charge in [-0.3, -0.25) is 0 Å². The van der Waals surface area contributed by atoms with Crippen molar-refractivity contribution in [2.75, 3.05) is 0 Å². The van der Waals surface area contributed by atoms with Crippen molar-refractivity contribution in [3.05, 3.63) is 54.3 Å². The molecule has 0 aliphatic rings. The molecule has 0 radical (unpaired) electrons. The Morgan fingerprint density at radius 3 is 2.15 bits per heavy atom. The van der Waals surface area contributed by atoms with Gasteiger partial charge in [-0.15, -0.1) is 5.73 Å². The van der Waals surface area contributed by atoms with E-state index in [1.807, 2.05) is 26.0 Å². The van der Waals surface area contributed by atoms with Crippen LogP contribution >= 0.6 is 0 Å². The predicted octanol–water partition coefficient (Wildman–Crippen LogP) is 3.91. The molecule has 0 unspecified atom stereocenters. The summed E-state index contributed by atoms with van der Waals surface area (Å²) in [6, 6.07) is 8.17. The second kappa shape index (κ2) is 3.93. The fourth-order valence-electron chi connectivity index (χ4n) is 1.28. The monoisotopic (exact) mass is 170 g/mol. The van der Waals surface area contributed by atoms with Crippen LogP contribution in [0.4, 0.5) is 0 Å². The second-order valence-electron chi connectivity index (χ2n) is 3.13.